The van der Waals surface area contributed by atoms with E-state index in [4.69, 9.17) is 0 Å². The number of hydrogen-bond donors (Lipinski definition) is 2. The maximum absolute atomic E-state index is 13.3. The van der Waals surface area contributed by atoms with Crippen LogP contribution >= 0.6 is 11.8 Å². The van der Waals surface area contributed by atoms with Crippen molar-refractivity contribution in [3.63, 3.8) is 0 Å². The van der Waals surface area contributed by atoms with Gasteiger partial charge in [-0.05, 0) is 25.0 Å². The number of alkyl halides is 3. The molecule has 1 fully saturated rings. The minimum absolute atomic E-state index is 0.0109. The topological polar surface area (TPSA) is 82.1 Å². The third-order valence-electron chi connectivity index (χ3n) is 5.33. The molecule has 2 aliphatic heterocycles. The van der Waals surface area contributed by atoms with E-state index in [1.807, 2.05) is 6.08 Å². The quantitative estimate of drug-likeness (QED) is 0.792. The van der Waals surface area contributed by atoms with E-state index >= 15 is 0 Å². The highest BCUT2D eigenvalue weighted by atomic mass is 32.2. The van der Waals surface area contributed by atoms with Gasteiger partial charge in [0.15, 0.2) is 0 Å². The van der Waals surface area contributed by atoms with Crippen LogP contribution in [0.5, 0.6) is 0 Å². The lowest BCUT2D eigenvalue weighted by atomic mass is 9.85. The SMILES string of the molecule is O=C(C1C=C(c2cn[nH]c2)SC1)N1CCC(O)(c2ncccc2C(F)(F)F)CC1. The number of piperidine rings is 1. The first-order valence-corrected chi connectivity index (χ1v) is 10.1. The molecular weight excluding hydrogens is 405 g/mol. The van der Waals surface area contributed by atoms with Gasteiger partial charge in [-0.1, -0.05) is 6.08 Å². The Morgan fingerprint density at radius 1 is 1.34 bits per heavy atom. The Labute approximate surface area is 169 Å². The van der Waals surface area contributed by atoms with Gasteiger partial charge < -0.3 is 10.0 Å². The molecule has 0 aromatic carbocycles. The minimum atomic E-state index is -4.60. The van der Waals surface area contributed by atoms with Crippen LogP contribution in [0.15, 0.2) is 36.8 Å². The van der Waals surface area contributed by atoms with Gasteiger partial charge in [-0.2, -0.15) is 18.3 Å². The van der Waals surface area contributed by atoms with Gasteiger partial charge in [0.1, 0.15) is 5.60 Å². The molecule has 2 N–H and O–H groups in total. The molecular formula is C19H19F3N4O2S. The van der Waals surface area contributed by atoms with Gasteiger partial charge in [0.05, 0.1) is 23.4 Å². The summed E-state index contributed by atoms with van der Waals surface area (Å²) in [6.07, 6.45) is 2.03. The van der Waals surface area contributed by atoms with Crippen molar-refractivity contribution >= 4 is 22.6 Å². The van der Waals surface area contributed by atoms with Crippen molar-refractivity contribution in [3.8, 4) is 0 Å². The van der Waals surface area contributed by atoms with Gasteiger partial charge >= 0.3 is 6.18 Å². The molecule has 0 spiro atoms. The maximum atomic E-state index is 13.3. The number of aliphatic hydroxyl groups is 1. The minimum Gasteiger partial charge on any atom is -0.383 e. The van der Waals surface area contributed by atoms with E-state index in [1.165, 1.54) is 12.3 Å². The number of aromatic amines is 1. The second kappa shape index (κ2) is 7.49. The number of nitrogens with one attached hydrogen (secondary N) is 1. The predicted octanol–water partition coefficient (Wildman–Crippen LogP) is 3.04. The van der Waals surface area contributed by atoms with Crippen LogP contribution in [-0.4, -0.2) is 49.9 Å². The third kappa shape index (κ3) is 3.91. The van der Waals surface area contributed by atoms with Crippen molar-refractivity contribution in [1.29, 1.82) is 0 Å². The number of carbonyl (C=O) groups is 1. The molecule has 2 aliphatic rings. The Bertz CT molecular complexity index is 922. The summed E-state index contributed by atoms with van der Waals surface area (Å²) in [5, 5.41) is 17.5. The lowest BCUT2D eigenvalue weighted by Crippen LogP contribution is -2.47. The van der Waals surface area contributed by atoms with Crippen LogP contribution < -0.4 is 0 Å². The summed E-state index contributed by atoms with van der Waals surface area (Å²) in [4.78, 5) is 19.3. The summed E-state index contributed by atoms with van der Waals surface area (Å²) < 4.78 is 39.9. The molecule has 0 radical (unpaired) electrons. The molecule has 6 nitrogen and oxygen atoms in total. The zero-order chi connectivity index (χ0) is 20.6. The number of nitrogens with zero attached hydrogens (tertiary/aromatic N) is 3. The molecule has 4 heterocycles. The van der Waals surface area contributed by atoms with Crippen molar-refractivity contribution < 1.29 is 23.1 Å². The van der Waals surface area contributed by atoms with Gasteiger partial charge in [-0.3, -0.25) is 14.9 Å². The van der Waals surface area contributed by atoms with Crippen LogP contribution in [0.2, 0.25) is 0 Å². The van der Waals surface area contributed by atoms with Crippen LogP contribution in [0, 0.1) is 5.92 Å². The molecule has 4 rings (SSSR count). The maximum Gasteiger partial charge on any atom is 0.418 e. The highest BCUT2D eigenvalue weighted by molar-refractivity contribution is 8.08. The lowest BCUT2D eigenvalue weighted by Gasteiger charge is -2.39. The largest absolute Gasteiger partial charge is 0.418 e. The van der Waals surface area contributed by atoms with Gasteiger partial charge in [0, 0.05) is 41.7 Å². The van der Waals surface area contributed by atoms with Crippen LogP contribution in [0.25, 0.3) is 4.91 Å². The summed E-state index contributed by atoms with van der Waals surface area (Å²) in [7, 11) is 0. The summed E-state index contributed by atoms with van der Waals surface area (Å²) in [5.41, 5.74) is -2.07. The summed E-state index contributed by atoms with van der Waals surface area (Å²) >= 11 is 1.57. The number of halogens is 3. The normalized spacial score (nSPS) is 21.9. The number of H-pyrrole nitrogens is 1. The molecule has 1 saturated heterocycles. The second-order valence-corrected chi connectivity index (χ2v) is 8.25. The Morgan fingerprint density at radius 2 is 2.10 bits per heavy atom. The summed E-state index contributed by atoms with van der Waals surface area (Å²) in [6, 6.07) is 2.13. The first-order chi connectivity index (χ1) is 13.8. The number of amides is 1. The van der Waals surface area contributed by atoms with E-state index in [9.17, 15) is 23.1 Å². The van der Waals surface area contributed by atoms with E-state index in [1.54, 1.807) is 29.1 Å². The Morgan fingerprint density at radius 3 is 2.76 bits per heavy atom. The fraction of sp³-hybridized carbons (Fsp3) is 0.421. The fourth-order valence-corrected chi connectivity index (χ4v) is 4.88. The summed E-state index contributed by atoms with van der Waals surface area (Å²) in [6.45, 7) is 0.360. The molecule has 0 aliphatic carbocycles. The standard InChI is InChI=1S/C19H19F3N4O2S/c20-19(21,22)14-2-1-5-23-16(14)18(28)3-6-26(7-4-18)17(27)12-8-15(29-11-12)13-9-24-25-10-13/h1-2,5,8-10,12,28H,3-4,6-7,11H2,(H,24,25). The number of carbonyl (C=O) groups excluding carboxylic acids is 1. The molecule has 2 aromatic heterocycles. The predicted molar refractivity (Wildman–Crippen MR) is 101 cm³/mol. The first-order valence-electron chi connectivity index (χ1n) is 9.15. The zero-order valence-corrected chi connectivity index (χ0v) is 16.1. The molecule has 2 aromatic rings. The van der Waals surface area contributed by atoms with E-state index in [2.05, 4.69) is 15.2 Å². The summed E-state index contributed by atoms with van der Waals surface area (Å²) in [5.74, 6) is 0.241. The Kier molecular flexibility index (Phi) is 5.16. The van der Waals surface area contributed by atoms with Crippen molar-refractivity contribution in [1.82, 2.24) is 20.1 Å². The molecule has 154 valence electrons. The average Bonchev–Trinajstić information content (AvgIpc) is 3.39. The third-order valence-corrected chi connectivity index (χ3v) is 6.54. The average molecular weight is 424 g/mol. The molecule has 29 heavy (non-hydrogen) atoms. The zero-order valence-electron chi connectivity index (χ0n) is 15.3. The van der Waals surface area contributed by atoms with Gasteiger partial charge in [-0.15, -0.1) is 11.8 Å². The molecule has 0 bridgehead atoms. The van der Waals surface area contributed by atoms with Gasteiger partial charge in [0.25, 0.3) is 0 Å². The molecule has 0 saturated carbocycles. The van der Waals surface area contributed by atoms with Crippen molar-refractivity contribution in [2.75, 3.05) is 18.8 Å². The van der Waals surface area contributed by atoms with E-state index in [0.717, 1.165) is 16.5 Å². The van der Waals surface area contributed by atoms with Crippen LogP contribution in [-0.2, 0) is 16.6 Å². The number of pyridine rings is 1. The molecule has 10 heteroatoms. The van der Waals surface area contributed by atoms with Crippen LogP contribution in [0.4, 0.5) is 13.2 Å². The number of aromatic nitrogens is 3. The van der Waals surface area contributed by atoms with Gasteiger partial charge in [0.2, 0.25) is 5.91 Å². The monoisotopic (exact) mass is 424 g/mol. The highest BCUT2D eigenvalue weighted by Crippen LogP contribution is 2.41. The Hall–Kier alpha value is -2.33. The number of rotatable bonds is 3. The molecule has 1 amide bonds. The van der Waals surface area contributed by atoms with E-state index in [0.29, 0.717) is 5.75 Å². The van der Waals surface area contributed by atoms with Crippen LogP contribution in [0.3, 0.4) is 0 Å². The second-order valence-electron chi connectivity index (χ2n) is 7.19. The van der Waals surface area contributed by atoms with Crippen molar-refractivity contribution in [3.05, 3.63) is 53.6 Å². The number of thioether (sulfide) groups is 1. The first kappa shape index (κ1) is 20.0. The lowest BCUT2D eigenvalue weighted by molar-refractivity contribution is -0.145. The smallest absolute Gasteiger partial charge is 0.383 e. The van der Waals surface area contributed by atoms with Crippen LogP contribution in [0.1, 0.15) is 29.7 Å². The van der Waals surface area contributed by atoms with Gasteiger partial charge in [-0.25, -0.2) is 0 Å². The number of likely N-dealkylation sites (tertiary alicyclic amines) is 1. The highest BCUT2D eigenvalue weighted by Gasteiger charge is 2.44. The Balaban J connectivity index is 1.45. The van der Waals surface area contributed by atoms with E-state index in [-0.39, 0.29) is 43.5 Å². The van der Waals surface area contributed by atoms with E-state index < -0.39 is 17.3 Å². The number of hydrogen-bond acceptors (Lipinski definition) is 5. The van der Waals surface area contributed by atoms with Crippen molar-refractivity contribution in [2.24, 2.45) is 5.92 Å². The molecule has 1 atom stereocenters. The van der Waals surface area contributed by atoms with Crippen molar-refractivity contribution in [2.45, 2.75) is 24.6 Å². The molecule has 1 unspecified atom stereocenters. The fourth-order valence-electron chi connectivity index (χ4n) is 3.74.